The van der Waals surface area contributed by atoms with Gasteiger partial charge in [0.2, 0.25) is 0 Å². The van der Waals surface area contributed by atoms with Gasteiger partial charge in [-0.05, 0) is 30.7 Å². The summed E-state index contributed by atoms with van der Waals surface area (Å²) in [5, 5.41) is 10.4. The van der Waals surface area contributed by atoms with E-state index in [0.29, 0.717) is 49.2 Å². The molecule has 1 amide bonds. The third-order valence-electron chi connectivity index (χ3n) is 6.04. The maximum Gasteiger partial charge on any atom is 0.255 e. The Morgan fingerprint density at radius 1 is 1.06 bits per heavy atom. The van der Waals surface area contributed by atoms with Crippen molar-refractivity contribution in [1.82, 2.24) is 20.4 Å². The summed E-state index contributed by atoms with van der Waals surface area (Å²) in [7, 11) is 0. The van der Waals surface area contributed by atoms with Crippen LogP contribution in [-0.2, 0) is 4.74 Å². The molecule has 0 aliphatic carbocycles. The van der Waals surface area contributed by atoms with E-state index in [2.05, 4.69) is 51.6 Å². The van der Waals surface area contributed by atoms with E-state index < -0.39 is 0 Å². The van der Waals surface area contributed by atoms with E-state index in [0.717, 1.165) is 30.8 Å². The van der Waals surface area contributed by atoms with Gasteiger partial charge in [0.05, 0.1) is 36.7 Å². The SMILES string of the molecule is Cc1ccc([C@H](CN2CCOCC2)NC(=O)c2cn[nH]c2-c2ccc3c(c2)OCCO3)cc1. The number of morpholine rings is 1. The summed E-state index contributed by atoms with van der Waals surface area (Å²) in [6.07, 6.45) is 1.57. The molecular weight excluding hydrogens is 420 g/mol. The van der Waals surface area contributed by atoms with Gasteiger partial charge >= 0.3 is 0 Å². The van der Waals surface area contributed by atoms with Gasteiger partial charge in [-0.25, -0.2) is 0 Å². The highest BCUT2D eigenvalue weighted by Crippen LogP contribution is 2.35. The van der Waals surface area contributed by atoms with Gasteiger partial charge in [0.15, 0.2) is 11.5 Å². The minimum absolute atomic E-state index is 0.154. The average molecular weight is 449 g/mol. The number of aryl methyl sites for hydroxylation is 1. The number of fused-ring (bicyclic) bond motifs is 1. The van der Waals surface area contributed by atoms with Crippen LogP contribution in [0.5, 0.6) is 11.5 Å². The van der Waals surface area contributed by atoms with Crippen molar-refractivity contribution in [3.63, 3.8) is 0 Å². The quantitative estimate of drug-likeness (QED) is 0.603. The molecule has 3 heterocycles. The van der Waals surface area contributed by atoms with E-state index in [9.17, 15) is 4.79 Å². The van der Waals surface area contributed by atoms with Gasteiger partial charge < -0.3 is 19.5 Å². The minimum atomic E-state index is -0.174. The predicted octanol–water partition coefficient (Wildman–Crippen LogP) is 2.96. The molecule has 0 spiro atoms. The fraction of sp³-hybridized carbons (Fsp3) is 0.360. The molecule has 8 nitrogen and oxygen atoms in total. The van der Waals surface area contributed by atoms with Crippen LogP contribution in [-0.4, -0.2) is 67.1 Å². The van der Waals surface area contributed by atoms with Gasteiger partial charge in [-0.15, -0.1) is 0 Å². The van der Waals surface area contributed by atoms with Crippen molar-refractivity contribution in [2.75, 3.05) is 46.1 Å². The molecule has 2 aliphatic rings. The van der Waals surface area contributed by atoms with Crippen LogP contribution in [0.2, 0.25) is 0 Å². The topological polar surface area (TPSA) is 88.7 Å². The maximum absolute atomic E-state index is 13.4. The maximum atomic E-state index is 13.4. The van der Waals surface area contributed by atoms with Crippen LogP contribution in [0.1, 0.15) is 27.5 Å². The first-order valence-corrected chi connectivity index (χ1v) is 11.3. The normalized spacial score (nSPS) is 16.9. The van der Waals surface area contributed by atoms with E-state index in [1.165, 1.54) is 5.56 Å². The van der Waals surface area contributed by atoms with Crippen LogP contribution in [0.4, 0.5) is 0 Å². The molecule has 1 saturated heterocycles. The van der Waals surface area contributed by atoms with E-state index in [-0.39, 0.29) is 11.9 Å². The third kappa shape index (κ3) is 4.86. The lowest BCUT2D eigenvalue weighted by Gasteiger charge is -2.31. The molecule has 1 aromatic heterocycles. The Bertz CT molecular complexity index is 1110. The van der Waals surface area contributed by atoms with Crippen LogP contribution < -0.4 is 14.8 Å². The second-order valence-corrected chi connectivity index (χ2v) is 8.37. The molecule has 2 aliphatic heterocycles. The average Bonchev–Trinajstić information content (AvgIpc) is 3.35. The summed E-state index contributed by atoms with van der Waals surface area (Å²) in [5.41, 5.74) is 4.22. The second-order valence-electron chi connectivity index (χ2n) is 8.37. The van der Waals surface area contributed by atoms with E-state index in [1.807, 2.05) is 18.2 Å². The number of nitrogens with zero attached hydrogens (tertiary/aromatic N) is 2. The van der Waals surface area contributed by atoms with Crippen molar-refractivity contribution in [3.8, 4) is 22.8 Å². The van der Waals surface area contributed by atoms with Crippen molar-refractivity contribution in [1.29, 1.82) is 0 Å². The molecule has 0 saturated carbocycles. The zero-order valence-corrected chi connectivity index (χ0v) is 18.7. The highest BCUT2D eigenvalue weighted by molar-refractivity contribution is 6.00. The molecular formula is C25H28N4O4. The number of hydrogen-bond acceptors (Lipinski definition) is 6. The number of ether oxygens (including phenoxy) is 3. The van der Waals surface area contributed by atoms with Gasteiger partial charge in [0.25, 0.3) is 5.91 Å². The predicted molar refractivity (Wildman–Crippen MR) is 124 cm³/mol. The summed E-state index contributed by atoms with van der Waals surface area (Å²) >= 11 is 0. The number of aromatic nitrogens is 2. The van der Waals surface area contributed by atoms with E-state index >= 15 is 0 Å². The molecule has 172 valence electrons. The molecule has 5 rings (SSSR count). The monoisotopic (exact) mass is 448 g/mol. The van der Waals surface area contributed by atoms with Crippen molar-refractivity contribution >= 4 is 5.91 Å². The summed E-state index contributed by atoms with van der Waals surface area (Å²) < 4.78 is 16.8. The zero-order chi connectivity index (χ0) is 22.6. The van der Waals surface area contributed by atoms with Gasteiger partial charge in [0, 0.05) is 25.2 Å². The molecule has 2 N–H and O–H groups in total. The first kappa shape index (κ1) is 21.5. The van der Waals surface area contributed by atoms with Crippen LogP contribution in [0, 0.1) is 6.92 Å². The molecule has 2 aromatic carbocycles. The summed E-state index contributed by atoms with van der Waals surface area (Å²) in [5.74, 6) is 1.21. The number of nitrogens with one attached hydrogen (secondary N) is 2. The molecule has 0 bridgehead atoms. The number of aromatic amines is 1. The van der Waals surface area contributed by atoms with E-state index in [4.69, 9.17) is 14.2 Å². The van der Waals surface area contributed by atoms with Crippen molar-refractivity contribution < 1.29 is 19.0 Å². The van der Waals surface area contributed by atoms with Gasteiger partial charge in [-0.2, -0.15) is 5.10 Å². The molecule has 3 aromatic rings. The molecule has 1 atom stereocenters. The summed E-state index contributed by atoms with van der Waals surface area (Å²) in [6, 6.07) is 13.8. The Kier molecular flexibility index (Phi) is 6.28. The zero-order valence-electron chi connectivity index (χ0n) is 18.7. The molecule has 33 heavy (non-hydrogen) atoms. The number of hydrogen-bond donors (Lipinski definition) is 2. The first-order valence-electron chi connectivity index (χ1n) is 11.3. The van der Waals surface area contributed by atoms with E-state index in [1.54, 1.807) is 6.20 Å². The number of benzene rings is 2. The largest absolute Gasteiger partial charge is 0.486 e. The summed E-state index contributed by atoms with van der Waals surface area (Å²) in [4.78, 5) is 15.7. The number of rotatable bonds is 6. The van der Waals surface area contributed by atoms with Crippen molar-refractivity contribution in [2.45, 2.75) is 13.0 Å². The Labute approximate surface area is 192 Å². The lowest BCUT2D eigenvalue weighted by molar-refractivity contribution is 0.0332. The molecule has 0 radical (unpaired) electrons. The fourth-order valence-corrected chi connectivity index (χ4v) is 4.19. The molecule has 0 unspecified atom stereocenters. The number of amides is 1. The van der Waals surface area contributed by atoms with Crippen LogP contribution in [0.3, 0.4) is 0 Å². The molecule has 8 heteroatoms. The van der Waals surface area contributed by atoms with Crippen LogP contribution >= 0.6 is 0 Å². The number of H-pyrrole nitrogens is 1. The fourth-order valence-electron chi connectivity index (χ4n) is 4.19. The standard InChI is InChI=1S/C25H28N4O4/c1-17-2-4-18(5-3-17)21(16-29-8-10-31-11-9-29)27-25(30)20-15-26-28-24(20)19-6-7-22-23(14-19)33-13-12-32-22/h2-7,14-15,21H,8-13,16H2,1H3,(H,26,28)(H,27,30)/t21-/m0/s1. The highest BCUT2D eigenvalue weighted by Gasteiger charge is 2.24. The Balaban J connectivity index is 1.38. The number of carbonyl (C=O) groups excluding carboxylic acids is 1. The summed E-state index contributed by atoms with van der Waals surface area (Å²) in [6.45, 7) is 6.95. The number of carbonyl (C=O) groups is 1. The Hall–Kier alpha value is -3.36. The lowest BCUT2D eigenvalue weighted by Crippen LogP contribution is -2.43. The first-order chi connectivity index (χ1) is 16.2. The van der Waals surface area contributed by atoms with Gasteiger partial charge in [-0.3, -0.25) is 14.8 Å². The smallest absolute Gasteiger partial charge is 0.255 e. The van der Waals surface area contributed by atoms with Crippen LogP contribution in [0.15, 0.2) is 48.7 Å². The van der Waals surface area contributed by atoms with Crippen molar-refractivity contribution in [2.24, 2.45) is 0 Å². The van der Waals surface area contributed by atoms with Crippen LogP contribution in [0.25, 0.3) is 11.3 Å². The van der Waals surface area contributed by atoms with Crippen molar-refractivity contribution in [3.05, 3.63) is 65.4 Å². The molecule has 1 fully saturated rings. The minimum Gasteiger partial charge on any atom is -0.486 e. The second kappa shape index (κ2) is 9.64. The third-order valence-corrected chi connectivity index (χ3v) is 6.04. The Morgan fingerprint density at radius 3 is 2.61 bits per heavy atom. The van der Waals surface area contributed by atoms with Gasteiger partial charge in [0.1, 0.15) is 13.2 Å². The highest BCUT2D eigenvalue weighted by atomic mass is 16.6. The Morgan fingerprint density at radius 2 is 1.82 bits per heavy atom. The lowest BCUT2D eigenvalue weighted by atomic mass is 10.0. The van der Waals surface area contributed by atoms with Gasteiger partial charge in [-0.1, -0.05) is 29.8 Å².